The van der Waals surface area contributed by atoms with Gasteiger partial charge in [-0.2, -0.15) is 0 Å². The van der Waals surface area contributed by atoms with Crippen LogP contribution in [0.5, 0.6) is 0 Å². The molecule has 1 aliphatic heterocycles. The van der Waals surface area contributed by atoms with Crippen LogP contribution in [-0.4, -0.2) is 22.9 Å². The number of hydrogen-bond acceptors (Lipinski definition) is 5. The van der Waals surface area contributed by atoms with Crippen molar-refractivity contribution in [2.75, 3.05) is 17.3 Å². The summed E-state index contributed by atoms with van der Waals surface area (Å²) >= 11 is 0. The molecule has 3 rings (SSSR count). The molecule has 20 heavy (non-hydrogen) atoms. The fourth-order valence-electron chi connectivity index (χ4n) is 2.22. The second-order valence-corrected chi connectivity index (χ2v) is 4.67. The van der Waals surface area contributed by atoms with E-state index in [4.69, 9.17) is 0 Å². The number of aromatic nitrogens is 2. The number of anilines is 4. The predicted molar refractivity (Wildman–Crippen MR) is 77.3 cm³/mol. The summed E-state index contributed by atoms with van der Waals surface area (Å²) in [5, 5.41) is 6.06. The van der Waals surface area contributed by atoms with Crippen LogP contribution in [0.15, 0.2) is 30.6 Å². The molecular formula is C14H15N5O. The van der Waals surface area contributed by atoms with E-state index in [2.05, 4.69) is 20.6 Å². The first-order valence-corrected chi connectivity index (χ1v) is 6.34. The maximum atomic E-state index is 11.0. The molecule has 2 heterocycles. The fraction of sp³-hybridized carbons (Fsp3) is 0.214. The Kier molecular flexibility index (Phi) is 2.98. The summed E-state index contributed by atoms with van der Waals surface area (Å²) in [6.07, 6.45) is 3.33. The lowest BCUT2D eigenvalue weighted by atomic mass is 10.1. The van der Waals surface area contributed by atoms with Crippen LogP contribution in [-0.2, 0) is 11.3 Å². The minimum atomic E-state index is -0.0380. The zero-order valence-electron chi connectivity index (χ0n) is 11.3. The zero-order chi connectivity index (χ0) is 14.1. The lowest BCUT2D eigenvalue weighted by Gasteiger charge is -2.29. The Morgan fingerprint density at radius 1 is 1.35 bits per heavy atom. The Morgan fingerprint density at radius 3 is 2.95 bits per heavy atom. The molecule has 0 radical (unpaired) electrons. The molecule has 6 nitrogen and oxygen atoms in total. The predicted octanol–water partition coefficient (Wildman–Crippen LogP) is 1.94. The lowest BCUT2D eigenvalue weighted by molar-refractivity contribution is -0.119. The van der Waals surface area contributed by atoms with Crippen molar-refractivity contribution in [2.24, 2.45) is 0 Å². The smallest absolute Gasteiger partial charge is 0.217 e. The quantitative estimate of drug-likeness (QED) is 0.872. The molecule has 102 valence electrons. The summed E-state index contributed by atoms with van der Waals surface area (Å²) in [6, 6.07) is 6.02. The van der Waals surface area contributed by atoms with E-state index in [-0.39, 0.29) is 5.91 Å². The SMILES string of the molecule is CC(=O)NCc1ccc2c(c1)Nc1nccnc1N2C. The van der Waals surface area contributed by atoms with Crippen molar-refractivity contribution in [3.8, 4) is 0 Å². The van der Waals surface area contributed by atoms with Gasteiger partial charge in [0.1, 0.15) is 0 Å². The summed E-state index contributed by atoms with van der Waals surface area (Å²) in [5.41, 5.74) is 3.03. The lowest BCUT2D eigenvalue weighted by Crippen LogP contribution is -2.21. The number of carbonyl (C=O) groups is 1. The molecular weight excluding hydrogens is 254 g/mol. The van der Waals surface area contributed by atoms with Crippen molar-refractivity contribution in [2.45, 2.75) is 13.5 Å². The summed E-state index contributed by atoms with van der Waals surface area (Å²) in [7, 11) is 1.96. The van der Waals surface area contributed by atoms with E-state index in [1.165, 1.54) is 6.92 Å². The summed E-state index contributed by atoms with van der Waals surface area (Å²) < 4.78 is 0. The number of hydrogen-bond donors (Lipinski definition) is 2. The fourth-order valence-corrected chi connectivity index (χ4v) is 2.22. The molecule has 0 unspecified atom stereocenters. The van der Waals surface area contributed by atoms with Crippen LogP contribution in [0.3, 0.4) is 0 Å². The molecule has 0 atom stereocenters. The van der Waals surface area contributed by atoms with Crippen molar-refractivity contribution >= 4 is 28.9 Å². The number of nitrogens with one attached hydrogen (secondary N) is 2. The van der Waals surface area contributed by atoms with E-state index in [0.29, 0.717) is 6.54 Å². The largest absolute Gasteiger partial charge is 0.352 e. The maximum absolute atomic E-state index is 11.0. The minimum Gasteiger partial charge on any atom is -0.352 e. The van der Waals surface area contributed by atoms with Gasteiger partial charge in [-0.3, -0.25) is 4.79 Å². The van der Waals surface area contributed by atoms with Gasteiger partial charge in [-0.1, -0.05) is 6.07 Å². The standard InChI is InChI=1S/C14H15N5O/c1-9(20)17-8-10-3-4-12-11(7-10)18-13-14(19(12)2)16-6-5-15-13/h3-7H,8H2,1-2H3,(H,15,18)(H,17,20). The summed E-state index contributed by atoms with van der Waals surface area (Å²) in [4.78, 5) is 21.6. The van der Waals surface area contributed by atoms with Crippen molar-refractivity contribution in [3.05, 3.63) is 36.2 Å². The van der Waals surface area contributed by atoms with Gasteiger partial charge in [0, 0.05) is 32.9 Å². The molecule has 0 saturated carbocycles. The molecule has 0 bridgehead atoms. The topological polar surface area (TPSA) is 70.1 Å². The van der Waals surface area contributed by atoms with Gasteiger partial charge in [-0.25, -0.2) is 9.97 Å². The molecule has 0 fully saturated rings. The van der Waals surface area contributed by atoms with Gasteiger partial charge in [-0.15, -0.1) is 0 Å². The molecule has 6 heteroatoms. The first-order valence-electron chi connectivity index (χ1n) is 6.34. The van der Waals surface area contributed by atoms with E-state index in [1.807, 2.05) is 30.1 Å². The Morgan fingerprint density at radius 2 is 2.15 bits per heavy atom. The highest BCUT2D eigenvalue weighted by atomic mass is 16.1. The van der Waals surface area contributed by atoms with Gasteiger partial charge >= 0.3 is 0 Å². The monoisotopic (exact) mass is 269 g/mol. The maximum Gasteiger partial charge on any atom is 0.217 e. The average Bonchev–Trinajstić information content (AvgIpc) is 2.45. The number of rotatable bonds is 2. The van der Waals surface area contributed by atoms with Gasteiger partial charge in [-0.05, 0) is 17.7 Å². The molecule has 0 aliphatic carbocycles. The number of amides is 1. The van der Waals surface area contributed by atoms with E-state index < -0.39 is 0 Å². The van der Waals surface area contributed by atoms with Crippen LogP contribution in [0.1, 0.15) is 12.5 Å². The summed E-state index contributed by atoms with van der Waals surface area (Å²) in [6.45, 7) is 2.03. The molecule has 1 aromatic carbocycles. The zero-order valence-corrected chi connectivity index (χ0v) is 11.3. The molecule has 2 aromatic rings. The van der Waals surface area contributed by atoms with E-state index in [9.17, 15) is 4.79 Å². The number of nitrogens with zero attached hydrogens (tertiary/aromatic N) is 3. The minimum absolute atomic E-state index is 0.0380. The van der Waals surface area contributed by atoms with Crippen LogP contribution in [0.4, 0.5) is 23.0 Å². The molecule has 1 aliphatic rings. The van der Waals surface area contributed by atoms with E-state index in [1.54, 1.807) is 12.4 Å². The highest BCUT2D eigenvalue weighted by Gasteiger charge is 2.21. The Hall–Kier alpha value is -2.63. The molecule has 0 saturated heterocycles. The Labute approximate surface area is 116 Å². The van der Waals surface area contributed by atoms with Gasteiger partial charge in [0.15, 0.2) is 11.6 Å². The normalized spacial score (nSPS) is 12.2. The third kappa shape index (κ3) is 2.16. The molecule has 1 amide bonds. The van der Waals surface area contributed by atoms with Gasteiger partial charge in [0.05, 0.1) is 11.4 Å². The molecule has 1 aromatic heterocycles. The van der Waals surface area contributed by atoms with E-state index >= 15 is 0 Å². The van der Waals surface area contributed by atoms with Crippen LogP contribution < -0.4 is 15.5 Å². The second-order valence-electron chi connectivity index (χ2n) is 4.67. The number of carbonyl (C=O) groups excluding carboxylic acids is 1. The Bertz CT molecular complexity index is 670. The van der Waals surface area contributed by atoms with Crippen LogP contribution in [0.2, 0.25) is 0 Å². The Balaban J connectivity index is 1.92. The first-order chi connectivity index (χ1) is 9.65. The number of benzene rings is 1. The average molecular weight is 269 g/mol. The third-order valence-corrected chi connectivity index (χ3v) is 3.21. The number of fused-ring (bicyclic) bond motifs is 2. The van der Waals surface area contributed by atoms with Gasteiger partial charge in [0.2, 0.25) is 5.91 Å². The van der Waals surface area contributed by atoms with E-state index in [0.717, 1.165) is 28.6 Å². The highest BCUT2D eigenvalue weighted by molar-refractivity contribution is 5.88. The van der Waals surface area contributed by atoms with Crippen LogP contribution in [0.25, 0.3) is 0 Å². The van der Waals surface area contributed by atoms with Crippen LogP contribution >= 0.6 is 0 Å². The van der Waals surface area contributed by atoms with Crippen molar-refractivity contribution < 1.29 is 4.79 Å². The third-order valence-electron chi connectivity index (χ3n) is 3.21. The second kappa shape index (κ2) is 4.80. The van der Waals surface area contributed by atoms with Crippen molar-refractivity contribution in [1.29, 1.82) is 0 Å². The van der Waals surface area contributed by atoms with Crippen molar-refractivity contribution in [3.63, 3.8) is 0 Å². The van der Waals surface area contributed by atoms with Gasteiger partial charge in [0.25, 0.3) is 0 Å². The summed E-state index contributed by atoms with van der Waals surface area (Å²) in [5.74, 6) is 1.50. The van der Waals surface area contributed by atoms with Crippen molar-refractivity contribution in [1.82, 2.24) is 15.3 Å². The first kappa shape index (κ1) is 12.4. The highest BCUT2D eigenvalue weighted by Crippen LogP contribution is 2.40. The molecule has 2 N–H and O–H groups in total. The van der Waals surface area contributed by atoms with Crippen LogP contribution in [0, 0.1) is 0 Å². The molecule has 0 spiro atoms. The van der Waals surface area contributed by atoms with Gasteiger partial charge < -0.3 is 15.5 Å².